The fourth-order valence-corrected chi connectivity index (χ4v) is 5.31. The van der Waals surface area contributed by atoms with Crippen molar-refractivity contribution in [2.45, 2.75) is 44.6 Å². The molecule has 1 atom stereocenters. The predicted molar refractivity (Wildman–Crippen MR) is 127 cm³/mol. The number of fused-ring (bicyclic) bond motifs is 1. The van der Waals surface area contributed by atoms with Crippen LogP contribution >= 0.6 is 0 Å². The third-order valence-corrected chi connectivity index (χ3v) is 6.96. The smallest absolute Gasteiger partial charge is 0.291 e. The van der Waals surface area contributed by atoms with Crippen LogP contribution in [0.1, 0.15) is 46.3 Å². The number of para-hydroxylation sites is 1. The van der Waals surface area contributed by atoms with E-state index < -0.39 is 10.0 Å². The lowest BCUT2D eigenvalue weighted by Crippen LogP contribution is -2.92. The van der Waals surface area contributed by atoms with Gasteiger partial charge in [-0.1, -0.05) is 30.3 Å². The second-order valence-corrected chi connectivity index (χ2v) is 10.8. The van der Waals surface area contributed by atoms with Crippen LogP contribution in [-0.2, 0) is 29.3 Å². The number of ether oxygens (including phenoxy) is 1. The largest absolute Gasteiger partial charge is 0.496 e. The molecule has 1 unspecified atom stereocenters. The molecule has 0 saturated carbocycles. The van der Waals surface area contributed by atoms with Gasteiger partial charge in [-0.25, -0.2) is 4.72 Å². The van der Waals surface area contributed by atoms with E-state index in [1.165, 1.54) is 16.5 Å². The summed E-state index contributed by atoms with van der Waals surface area (Å²) in [6.45, 7) is 1.90. The Kier molecular flexibility index (Phi) is 8.45. The molecule has 2 aromatic rings. The summed E-state index contributed by atoms with van der Waals surface area (Å²) in [5, 5.41) is 0. The lowest BCUT2D eigenvalue weighted by Gasteiger charge is -2.17. The van der Waals surface area contributed by atoms with Gasteiger partial charge in [-0.3, -0.25) is 4.79 Å². The maximum atomic E-state index is 12.6. The number of unbranched alkanes of at least 4 members (excludes halogenated alkanes) is 1. The van der Waals surface area contributed by atoms with Crippen molar-refractivity contribution in [1.82, 2.24) is 4.90 Å². The molecule has 7 heteroatoms. The number of methoxy groups -OCH3 is 1. The third kappa shape index (κ3) is 7.15. The molecule has 2 N–H and O–H groups in total. The first-order valence-corrected chi connectivity index (χ1v) is 13.2. The Hall–Kier alpha value is -2.22. The SMILES string of the molecule is COc1ccccc1CCN(C)CCCCC(=O)c1ccc2c(c1)CC([NH2+]S(C)(=O)=O)C2. The highest BCUT2D eigenvalue weighted by molar-refractivity contribution is 7.84. The van der Waals surface area contributed by atoms with Crippen LogP contribution in [0.25, 0.3) is 0 Å². The molecule has 0 spiro atoms. The number of benzene rings is 2. The van der Waals surface area contributed by atoms with Gasteiger partial charge in [0.2, 0.25) is 0 Å². The summed E-state index contributed by atoms with van der Waals surface area (Å²) in [6, 6.07) is 14.0. The number of primary sulfonamides is 1. The number of sulfonamides is 1. The van der Waals surface area contributed by atoms with Crippen LogP contribution in [-0.4, -0.2) is 58.6 Å². The third-order valence-electron chi connectivity index (χ3n) is 6.08. The summed E-state index contributed by atoms with van der Waals surface area (Å²) in [7, 11) is 0.714. The lowest BCUT2D eigenvalue weighted by atomic mass is 10.0. The topological polar surface area (TPSA) is 80.3 Å². The van der Waals surface area contributed by atoms with Crippen molar-refractivity contribution in [2.24, 2.45) is 0 Å². The van der Waals surface area contributed by atoms with Gasteiger partial charge in [0.1, 0.15) is 11.8 Å². The number of Topliss-reactive ketones (excluding diaryl/α,β-unsaturated/α-hetero) is 1. The molecule has 1 aliphatic carbocycles. The van der Waals surface area contributed by atoms with Crippen LogP contribution < -0.4 is 9.46 Å². The summed E-state index contributed by atoms with van der Waals surface area (Å²) in [5.41, 5.74) is 4.22. The quantitative estimate of drug-likeness (QED) is 0.389. The first-order chi connectivity index (χ1) is 15.2. The van der Waals surface area contributed by atoms with Crippen molar-refractivity contribution in [1.29, 1.82) is 0 Å². The normalized spacial score (nSPS) is 15.7. The first kappa shape index (κ1) is 24.4. The van der Waals surface area contributed by atoms with E-state index in [2.05, 4.69) is 18.0 Å². The molecule has 3 rings (SSSR count). The molecule has 0 saturated heterocycles. The van der Waals surface area contributed by atoms with Crippen LogP contribution in [0.5, 0.6) is 5.75 Å². The molecule has 0 fully saturated rings. The highest BCUT2D eigenvalue weighted by atomic mass is 32.2. The van der Waals surface area contributed by atoms with Gasteiger partial charge in [-0.2, -0.15) is 8.42 Å². The van der Waals surface area contributed by atoms with E-state index in [1.54, 1.807) is 7.11 Å². The van der Waals surface area contributed by atoms with Crippen molar-refractivity contribution < 1.29 is 22.7 Å². The summed E-state index contributed by atoms with van der Waals surface area (Å²) in [6.07, 6.45) is 5.98. The molecule has 0 aromatic heterocycles. The molecule has 1 aliphatic rings. The number of carbonyl (C=O) groups excluding carboxylic acids is 1. The summed E-state index contributed by atoms with van der Waals surface area (Å²) in [5.74, 6) is 1.10. The van der Waals surface area contributed by atoms with Gasteiger partial charge in [0.25, 0.3) is 10.0 Å². The van der Waals surface area contributed by atoms with Crippen LogP contribution in [0.2, 0.25) is 0 Å². The van der Waals surface area contributed by atoms with Gasteiger partial charge in [-0.15, -0.1) is 0 Å². The summed E-state index contributed by atoms with van der Waals surface area (Å²) < 4.78 is 29.9. The summed E-state index contributed by atoms with van der Waals surface area (Å²) in [4.78, 5) is 14.9. The number of carbonyl (C=O) groups is 1. The number of nitrogens with two attached hydrogens (primary N) is 1. The standard InChI is InChI=1S/C25H34N2O4S/c1-27(15-13-19-8-4-5-10-25(19)31-2)14-7-6-9-24(28)21-12-11-20-17-23(18-22(20)16-21)26-32(3,29)30/h4-5,8,10-12,16,23,26H,6-7,9,13-15,17-18H2,1-3H3/p+1. The van der Waals surface area contributed by atoms with Gasteiger partial charge in [-0.05, 0) is 61.7 Å². The minimum absolute atomic E-state index is 0.0109. The molecule has 0 aliphatic heterocycles. The highest BCUT2D eigenvalue weighted by Gasteiger charge is 2.27. The molecule has 0 amide bonds. The van der Waals surface area contributed by atoms with Crippen LogP contribution in [0.3, 0.4) is 0 Å². The first-order valence-electron chi connectivity index (χ1n) is 11.3. The molecule has 0 bridgehead atoms. The Morgan fingerprint density at radius 1 is 1.09 bits per heavy atom. The molecular formula is C25H35N2O4S+. The minimum atomic E-state index is -3.10. The average molecular weight is 460 g/mol. The number of likely N-dealkylation sites (N-methyl/N-ethyl adjacent to an activating group) is 1. The van der Waals surface area contributed by atoms with E-state index in [0.717, 1.165) is 61.2 Å². The van der Waals surface area contributed by atoms with Crippen molar-refractivity contribution in [3.8, 4) is 5.75 Å². The van der Waals surface area contributed by atoms with E-state index in [4.69, 9.17) is 4.74 Å². The zero-order chi connectivity index (χ0) is 23.1. The highest BCUT2D eigenvalue weighted by Crippen LogP contribution is 2.23. The zero-order valence-corrected chi connectivity index (χ0v) is 20.2. The fraction of sp³-hybridized carbons (Fsp3) is 0.480. The van der Waals surface area contributed by atoms with Crippen LogP contribution in [0.4, 0.5) is 0 Å². The Labute approximate surface area is 192 Å². The average Bonchev–Trinajstić information content (AvgIpc) is 3.14. The van der Waals surface area contributed by atoms with Crippen LogP contribution in [0.15, 0.2) is 42.5 Å². The van der Waals surface area contributed by atoms with Crippen molar-refractivity contribution in [2.75, 3.05) is 33.5 Å². The molecule has 32 heavy (non-hydrogen) atoms. The second kappa shape index (κ2) is 11.1. The minimum Gasteiger partial charge on any atom is -0.496 e. The second-order valence-electron chi connectivity index (χ2n) is 8.86. The summed E-state index contributed by atoms with van der Waals surface area (Å²) >= 11 is 0. The number of hydrogen-bond acceptors (Lipinski definition) is 5. The van der Waals surface area contributed by atoms with Gasteiger partial charge in [0.05, 0.1) is 13.4 Å². The Morgan fingerprint density at radius 2 is 1.84 bits per heavy atom. The molecule has 0 radical (unpaired) electrons. The lowest BCUT2D eigenvalue weighted by molar-refractivity contribution is -0.537. The fourth-order valence-electron chi connectivity index (χ4n) is 4.42. The number of rotatable bonds is 12. The van der Waals surface area contributed by atoms with Gasteiger partial charge in [0.15, 0.2) is 5.78 Å². The van der Waals surface area contributed by atoms with E-state index >= 15 is 0 Å². The van der Waals surface area contributed by atoms with E-state index in [-0.39, 0.29) is 11.8 Å². The van der Waals surface area contributed by atoms with Crippen molar-refractivity contribution in [3.05, 3.63) is 64.7 Å². The molecule has 174 valence electrons. The monoisotopic (exact) mass is 459 g/mol. The molecular weight excluding hydrogens is 424 g/mol. The van der Waals surface area contributed by atoms with Crippen LogP contribution in [0, 0.1) is 0 Å². The van der Waals surface area contributed by atoms with Gasteiger partial charge < -0.3 is 9.64 Å². The predicted octanol–water partition coefficient (Wildman–Crippen LogP) is 2.21. The molecule has 6 nitrogen and oxygen atoms in total. The number of hydrogen-bond donors (Lipinski definition) is 1. The molecule has 0 heterocycles. The molecule has 2 aromatic carbocycles. The van der Waals surface area contributed by atoms with Crippen molar-refractivity contribution >= 4 is 15.8 Å². The maximum Gasteiger partial charge on any atom is 0.291 e. The number of ketones is 1. The van der Waals surface area contributed by atoms with Crippen molar-refractivity contribution in [3.63, 3.8) is 0 Å². The van der Waals surface area contributed by atoms with E-state index in [0.29, 0.717) is 12.8 Å². The van der Waals surface area contributed by atoms with Gasteiger partial charge in [0, 0.05) is 31.4 Å². The number of nitrogens with zero attached hydrogens (tertiary/aromatic N) is 1. The number of quaternary nitrogens is 1. The zero-order valence-electron chi connectivity index (χ0n) is 19.3. The maximum absolute atomic E-state index is 12.6. The van der Waals surface area contributed by atoms with E-state index in [1.807, 2.05) is 36.4 Å². The Bertz CT molecular complexity index is 1040. The Morgan fingerprint density at radius 3 is 2.59 bits per heavy atom. The Balaban J connectivity index is 1.40. The van der Waals surface area contributed by atoms with Gasteiger partial charge >= 0.3 is 0 Å². The van der Waals surface area contributed by atoms with E-state index in [9.17, 15) is 13.2 Å².